The van der Waals surface area contributed by atoms with E-state index >= 15 is 0 Å². The molecule has 0 radical (unpaired) electrons. The molecule has 0 aromatic carbocycles. The van der Waals surface area contributed by atoms with Gasteiger partial charge >= 0.3 is 0 Å². The highest BCUT2D eigenvalue weighted by molar-refractivity contribution is 6.28. The second-order valence-electron chi connectivity index (χ2n) is 4.12. The Kier molecular flexibility index (Phi) is 3.96. The van der Waals surface area contributed by atoms with Gasteiger partial charge in [0.15, 0.2) is 0 Å². The molecule has 1 atom stereocenters. The third-order valence-corrected chi connectivity index (χ3v) is 3.11. The molecule has 1 aliphatic heterocycles. The number of aliphatic hydroxyl groups is 1. The Labute approximate surface area is 105 Å². The van der Waals surface area contributed by atoms with Gasteiger partial charge in [0.25, 0.3) is 0 Å². The summed E-state index contributed by atoms with van der Waals surface area (Å²) in [6.45, 7) is 1.11. The van der Waals surface area contributed by atoms with Gasteiger partial charge < -0.3 is 15.7 Å². The topological polar surface area (TPSA) is 88.2 Å². The lowest BCUT2D eigenvalue weighted by Gasteiger charge is -2.24. The number of hydrogen-bond acceptors (Lipinski definition) is 6. The second kappa shape index (κ2) is 5.46. The summed E-state index contributed by atoms with van der Waals surface area (Å²) in [6, 6.07) is 0.361. The molecule has 2 heterocycles. The number of hydrogen-bond donors (Lipinski definition) is 2. The molecule has 1 aromatic rings. The Balaban J connectivity index is 2.14. The molecule has 1 aliphatic rings. The molecule has 17 heavy (non-hydrogen) atoms. The van der Waals surface area contributed by atoms with Crippen molar-refractivity contribution < 1.29 is 5.11 Å². The van der Waals surface area contributed by atoms with Crippen molar-refractivity contribution in [3.05, 3.63) is 5.28 Å². The van der Waals surface area contributed by atoms with Crippen LogP contribution >= 0.6 is 11.6 Å². The average molecular weight is 258 g/mol. The Morgan fingerprint density at radius 1 is 1.41 bits per heavy atom. The molecule has 2 rings (SSSR count). The lowest BCUT2D eigenvalue weighted by atomic mass is 10.1. The van der Waals surface area contributed by atoms with Gasteiger partial charge in [0.05, 0.1) is 0 Å². The summed E-state index contributed by atoms with van der Waals surface area (Å²) in [5, 5.41) is 9.00. The van der Waals surface area contributed by atoms with Crippen molar-refractivity contribution >= 4 is 23.5 Å². The number of aromatic nitrogens is 3. The summed E-state index contributed by atoms with van der Waals surface area (Å²) in [5.41, 5.74) is 5.56. The van der Waals surface area contributed by atoms with Gasteiger partial charge in [-0.2, -0.15) is 15.0 Å². The molecule has 1 unspecified atom stereocenters. The fourth-order valence-electron chi connectivity index (χ4n) is 2.21. The van der Waals surface area contributed by atoms with E-state index in [2.05, 4.69) is 19.9 Å². The average Bonchev–Trinajstić information content (AvgIpc) is 2.73. The number of aliphatic hydroxyl groups excluding tert-OH is 1. The number of nitrogen functional groups attached to an aromatic ring is 1. The summed E-state index contributed by atoms with van der Waals surface area (Å²) in [6.07, 6.45) is 3.90. The maximum atomic E-state index is 8.87. The lowest BCUT2D eigenvalue weighted by molar-refractivity contribution is 0.279. The van der Waals surface area contributed by atoms with Gasteiger partial charge in [-0.3, -0.25) is 0 Å². The van der Waals surface area contributed by atoms with E-state index in [9.17, 15) is 0 Å². The molecular formula is C10H16ClN5O. The smallest absolute Gasteiger partial charge is 0.231 e. The highest BCUT2D eigenvalue weighted by atomic mass is 35.5. The van der Waals surface area contributed by atoms with E-state index in [1.165, 1.54) is 0 Å². The molecule has 0 spiro atoms. The first-order chi connectivity index (χ1) is 8.20. The van der Waals surface area contributed by atoms with E-state index in [0.717, 1.165) is 32.2 Å². The van der Waals surface area contributed by atoms with E-state index in [-0.39, 0.29) is 17.8 Å². The summed E-state index contributed by atoms with van der Waals surface area (Å²) >= 11 is 5.77. The minimum atomic E-state index is 0.125. The summed E-state index contributed by atoms with van der Waals surface area (Å²) in [5.74, 6) is 0.691. The third-order valence-electron chi connectivity index (χ3n) is 2.94. The third kappa shape index (κ3) is 2.95. The molecule has 94 valence electrons. The predicted octanol–water partition coefficient (Wildman–Crippen LogP) is 0.848. The van der Waals surface area contributed by atoms with Crippen LogP contribution in [0.2, 0.25) is 5.28 Å². The van der Waals surface area contributed by atoms with Crippen LogP contribution in [-0.2, 0) is 0 Å². The summed E-state index contributed by atoms with van der Waals surface area (Å²) in [4.78, 5) is 14.1. The quantitative estimate of drug-likeness (QED) is 0.831. The maximum absolute atomic E-state index is 8.87. The molecule has 1 fully saturated rings. The van der Waals surface area contributed by atoms with Crippen LogP contribution < -0.4 is 10.6 Å². The molecular weight excluding hydrogens is 242 g/mol. The van der Waals surface area contributed by atoms with E-state index in [4.69, 9.17) is 22.4 Å². The van der Waals surface area contributed by atoms with Crippen LogP contribution in [0.5, 0.6) is 0 Å². The van der Waals surface area contributed by atoms with Gasteiger partial charge in [0.1, 0.15) is 0 Å². The van der Waals surface area contributed by atoms with Crippen molar-refractivity contribution in [1.82, 2.24) is 15.0 Å². The van der Waals surface area contributed by atoms with Crippen LogP contribution in [0.4, 0.5) is 11.9 Å². The summed E-state index contributed by atoms with van der Waals surface area (Å²) in [7, 11) is 0. The van der Waals surface area contributed by atoms with E-state index < -0.39 is 0 Å². The Hall–Kier alpha value is -1.14. The highest BCUT2D eigenvalue weighted by Gasteiger charge is 2.26. The monoisotopic (exact) mass is 257 g/mol. The van der Waals surface area contributed by atoms with Crippen LogP contribution in [-0.4, -0.2) is 39.3 Å². The van der Waals surface area contributed by atoms with Gasteiger partial charge in [-0.1, -0.05) is 0 Å². The zero-order chi connectivity index (χ0) is 12.3. The number of rotatable bonds is 4. The number of halogens is 1. The van der Waals surface area contributed by atoms with Crippen LogP contribution in [0.25, 0.3) is 0 Å². The molecule has 0 aliphatic carbocycles. The van der Waals surface area contributed by atoms with Crippen molar-refractivity contribution in [1.29, 1.82) is 0 Å². The maximum Gasteiger partial charge on any atom is 0.231 e. The molecule has 0 amide bonds. The first kappa shape index (κ1) is 12.3. The molecule has 0 saturated carbocycles. The first-order valence-electron chi connectivity index (χ1n) is 5.75. The molecule has 1 aromatic heterocycles. The minimum absolute atomic E-state index is 0.125. The molecule has 6 nitrogen and oxygen atoms in total. The van der Waals surface area contributed by atoms with Gasteiger partial charge in [-0.25, -0.2) is 0 Å². The van der Waals surface area contributed by atoms with Gasteiger partial charge in [0.2, 0.25) is 17.2 Å². The van der Waals surface area contributed by atoms with Gasteiger partial charge in [-0.15, -0.1) is 0 Å². The van der Waals surface area contributed by atoms with Crippen LogP contribution in [0.1, 0.15) is 25.7 Å². The van der Waals surface area contributed by atoms with E-state index in [1.807, 2.05) is 0 Å². The summed E-state index contributed by atoms with van der Waals surface area (Å²) < 4.78 is 0. The minimum Gasteiger partial charge on any atom is -0.396 e. The largest absolute Gasteiger partial charge is 0.396 e. The number of anilines is 2. The van der Waals surface area contributed by atoms with Crippen molar-refractivity contribution in [2.45, 2.75) is 31.7 Å². The normalized spacial score (nSPS) is 19.9. The van der Waals surface area contributed by atoms with Crippen LogP contribution in [0.15, 0.2) is 0 Å². The van der Waals surface area contributed by atoms with Gasteiger partial charge in [0, 0.05) is 19.2 Å². The van der Waals surface area contributed by atoms with E-state index in [1.54, 1.807) is 0 Å². The zero-order valence-corrected chi connectivity index (χ0v) is 10.3. The van der Waals surface area contributed by atoms with Crippen molar-refractivity contribution in [3.63, 3.8) is 0 Å². The lowest BCUT2D eigenvalue weighted by Crippen LogP contribution is -2.31. The predicted molar refractivity (Wildman–Crippen MR) is 65.9 cm³/mol. The van der Waals surface area contributed by atoms with E-state index in [0.29, 0.717) is 12.0 Å². The standard InChI is InChI=1S/C10H16ClN5O/c11-8-13-9(12)15-10(14-8)16-5-1-3-7(16)4-2-6-17/h7,17H,1-6H2,(H2,12,13,14,15). The molecule has 3 N–H and O–H groups in total. The fraction of sp³-hybridized carbons (Fsp3) is 0.700. The Bertz CT molecular complexity index is 369. The van der Waals surface area contributed by atoms with Gasteiger partial charge in [-0.05, 0) is 37.3 Å². The number of nitrogens with zero attached hydrogens (tertiary/aromatic N) is 4. The number of nitrogens with two attached hydrogens (primary N) is 1. The van der Waals surface area contributed by atoms with Crippen molar-refractivity contribution in [2.24, 2.45) is 0 Å². The van der Waals surface area contributed by atoms with Crippen molar-refractivity contribution in [3.8, 4) is 0 Å². The second-order valence-corrected chi connectivity index (χ2v) is 4.46. The SMILES string of the molecule is Nc1nc(Cl)nc(N2CCCC2CCCO)n1. The van der Waals surface area contributed by atoms with Crippen LogP contribution in [0.3, 0.4) is 0 Å². The van der Waals surface area contributed by atoms with Crippen molar-refractivity contribution in [2.75, 3.05) is 23.8 Å². The Morgan fingerprint density at radius 3 is 2.94 bits per heavy atom. The van der Waals surface area contributed by atoms with Crippen LogP contribution in [0, 0.1) is 0 Å². The highest BCUT2D eigenvalue weighted by Crippen LogP contribution is 2.26. The molecule has 0 bridgehead atoms. The molecule has 1 saturated heterocycles. The first-order valence-corrected chi connectivity index (χ1v) is 6.13. The zero-order valence-electron chi connectivity index (χ0n) is 9.51. The molecule has 7 heteroatoms. The Morgan fingerprint density at radius 2 is 2.24 bits per heavy atom. The fourth-order valence-corrected chi connectivity index (χ4v) is 2.37.